The van der Waals surface area contributed by atoms with Gasteiger partial charge in [0.15, 0.2) is 11.6 Å². The fraction of sp³-hybridized carbons (Fsp3) is 0.458. The fourth-order valence-corrected chi connectivity index (χ4v) is 3.98. The molecule has 2 unspecified atom stereocenters. The number of rotatable bonds is 7. The molecule has 1 fully saturated rings. The summed E-state index contributed by atoms with van der Waals surface area (Å²) >= 11 is 6.21. The van der Waals surface area contributed by atoms with E-state index in [9.17, 15) is 14.0 Å². The van der Waals surface area contributed by atoms with E-state index in [1.807, 2.05) is 34.6 Å². The number of ether oxygens (including phenoxy) is 2. The Hall–Kier alpha value is -2.95. The number of hydrogen-bond acceptors (Lipinski definition) is 7. The third-order valence-electron chi connectivity index (χ3n) is 5.21. The molecule has 0 aliphatic carbocycles. The molecule has 11 heteroatoms. The van der Waals surface area contributed by atoms with Gasteiger partial charge in [-0.1, -0.05) is 11.6 Å². The van der Waals surface area contributed by atoms with Crippen molar-refractivity contribution in [2.24, 2.45) is 0 Å². The summed E-state index contributed by atoms with van der Waals surface area (Å²) in [5.41, 5.74) is 4.84. The number of aryl methyl sites for hydroxylation is 1. The smallest absolute Gasteiger partial charge is 0.271 e. The summed E-state index contributed by atoms with van der Waals surface area (Å²) in [6.45, 7) is 11.5. The van der Waals surface area contributed by atoms with Gasteiger partial charge in [0, 0.05) is 23.4 Å². The summed E-state index contributed by atoms with van der Waals surface area (Å²) in [5, 5.41) is 6.35. The van der Waals surface area contributed by atoms with Crippen LogP contribution in [-0.2, 0) is 4.74 Å². The van der Waals surface area contributed by atoms with E-state index >= 15 is 0 Å². The van der Waals surface area contributed by atoms with Gasteiger partial charge in [0.1, 0.15) is 18.1 Å². The molecule has 0 spiro atoms. The van der Waals surface area contributed by atoms with Crippen LogP contribution in [0.4, 0.5) is 10.2 Å². The van der Waals surface area contributed by atoms with Gasteiger partial charge in [-0.15, -0.1) is 0 Å². The highest BCUT2D eigenvalue weighted by atomic mass is 35.5. The highest BCUT2D eigenvalue weighted by Gasteiger charge is 2.37. The Balaban J connectivity index is 1.62. The van der Waals surface area contributed by atoms with Gasteiger partial charge < -0.3 is 14.8 Å². The molecule has 2 heterocycles. The lowest BCUT2D eigenvalue weighted by atomic mass is 10.2. The molecule has 1 aromatic carbocycles. The van der Waals surface area contributed by atoms with Crippen molar-refractivity contribution in [2.75, 3.05) is 11.9 Å². The largest absolute Gasteiger partial charge is 0.489 e. The molecule has 9 nitrogen and oxygen atoms in total. The lowest BCUT2D eigenvalue weighted by molar-refractivity contribution is -0.0178. The first-order valence-corrected chi connectivity index (χ1v) is 11.7. The molecule has 1 aliphatic rings. The van der Waals surface area contributed by atoms with Gasteiger partial charge in [0.25, 0.3) is 11.8 Å². The Morgan fingerprint density at radius 1 is 1.23 bits per heavy atom. The summed E-state index contributed by atoms with van der Waals surface area (Å²) in [6.07, 6.45) is -0.126. The zero-order chi connectivity index (χ0) is 25.9. The van der Waals surface area contributed by atoms with Gasteiger partial charge in [0.05, 0.1) is 22.7 Å². The first-order valence-electron chi connectivity index (χ1n) is 11.3. The number of pyridine rings is 1. The third-order valence-corrected chi connectivity index (χ3v) is 5.52. The number of hydrogen-bond donors (Lipinski definition) is 4. The van der Waals surface area contributed by atoms with Crippen LogP contribution < -0.4 is 26.2 Å². The average molecular weight is 508 g/mol. The van der Waals surface area contributed by atoms with Gasteiger partial charge in [-0.05, 0) is 59.7 Å². The molecule has 1 aromatic heterocycles. The van der Waals surface area contributed by atoms with E-state index in [-0.39, 0.29) is 41.1 Å². The number of benzene rings is 1. The van der Waals surface area contributed by atoms with Crippen molar-refractivity contribution in [2.45, 2.75) is 65.5 Å². The normalized spacial score (nSPS) is 18.9. The van der Waals surface area contributed by atoms with Crippen LogP contribution in [0.2, 0.25) is 5.02 Å². The van der Waals surface area contributed by atoms with Crippen LogP contribution >= 0.6 is 11.6 Å². The number of carbonyl (C=O) groups is 2. The van der Waals surface area contributed by atoms with Gasteiger partial charge in [-0.2, -0.15) is 0 Å². The van der Waals surface area contributed by atoms with Crippen LogP contribution in [0.25, 0.3) is 0 Å². The zero-order valence-corrected chi connectivity index (χ0v) is 21.3. The van der Waals surface area contributed by atoms with E-state index in [0.717, 1.165) is 6.07 Å². The van der Waals surface area contributed by atoms with Crippen molar-refractivity contribution in [1.82, 2.24) is 21.2 Å². The van der Waals surface area contributed by atoms with Crippen LogP contribution in [0.3, 0.4) is 0 Å². The van der Waals surface area contributed by atoms with Gasteiger partial charge in [0.2, 0.25) is 0 Å². The molecule has 2 atom stereocenters. The number of nitrogens with one attached hydrogen (secondary N) is 4. The predicted octanol–water partition coefficient (Wildman–Crippen LogP) is 3.57. The molecular weight excluding hydrogens is 477 g/mol. The Morgan fingerprint density at radius 3 is 2.54 bits per heavy atom. The van der Waals surface area contributed by atoms with E-state index in [4.69, 9.17) is 21.1 Å². The number of anilines is 1. The first-order chi connectivity index (χ1) is 16.3. The Morgan fingerprint density at radius 2 is 1.91 bits per heavy atom. The SMILES string of the molecule is Cc1cc(C(=O)NNC(=O)c2cc(F)c(OCC3NC(C)(C)OC3C)cc2Cl)cc(NC(C)C)n1. The second kappa shape index (κ2) is 10.8. The molecule has 0 bridgehead atoms. The highest BCUT2D eigenvalue weighted by molar-refractivity contribution is 6.34. The molecule has 4 N–H and O–H groups in total. The summed E-state index contributed by atoms with van der Waals surface area (Å²) in [7, 11) is 0. The number of amides is 2. The zero-order valence-electron chi connectivity index (χ0n) is 20.6. The third kappa shape index (κ3) is 7.03. The second-order valence-corrected chi connectivity index (χ2v) is 9.65. The molecule has 35 heavy (non-hydrogen) atoms. The van der Waals surface area contributed by atoms with Crippen LogP contribution in [0.15, 0.2) is 24.3 Å². The summed E-state index contributed by atoms with van der Waals surface area (Å²) in [6, 6.07) is 5.33. The van der Waals surface area contributed by atoms with Gasteiger partial charge in [-0.3, -0.25) is 25.8 Å². The molecule has 1 saturated heterocycles. The monoisotopic (exact) mass is 507 g/mol. The number of hydrazine groups is 1. The van der Waals surface area contributed by atoms with Crippen molar-refractivity contribution in [3.05, 3.63) is 51.9 Å². The Bertz CT molecular complexity index is 1110. The Kier molecular flexibility index (Phi) is 8.19. The topological polar surface area (TPSA) is 114 Å². The van der Waals surface area contributed by atoms with Crippen LogP contribution in [0.1, 0.15) is 61.0 Å². The molecule has 1 aliphatic heterocycles. The lowest BCUT2D eigenvalue weighted by Crippen LogP contribution is -2.42. The minimum absolute atomic E-state index is 0.0275. The maximum Gasteiger partial charge on any atom is 0.271 e. The molecule has 0 radical (unpaired) electrons. The van der Waals surface area contributed by atoms with Crippen molar-refractivity contribution >= 4 is 29.2 Å². The van der Waals surface area contributed by atoms with Crippen LogP contribution in [0, 0.1) is 12.7 Å². The van der Waals surface area contributed by atoms with Gasteiger partial charge >= 0.3 is 0 Å². The fourth-order valence-electron chi connectivity index (χ4n) is 3.74. The Labute approximate surface area is 209 Å². The van der Waals surface area contributed by atoms with E-state index < -0.39 is 23.4 Å². The molecule has 2 aromatic rings. The summed E-state index contributed by atoms with van der Waals surface area (Å²) in [5.74, 6) is -1.65. The maximum absolute atomic E-state index is 14.7. The number of nitrogens with zero attached hydrogens (tertiary/aromatic N) is 1. The lowest BCUT2D eigenvalue weighted by Gasteiger charge is -2.18. The number of aromatic nitrogens is 1. The molecule has 190 valence electrons. The van der Waals surface area contributed by atoms with Crippen molar-refractivity contribution in [3.8, 4) is 5.75 Å². The molecule has 0 saturated carbocycles. The minimum Gasteiger partial charge on any atom is -0.489 e. The molecule has 3 rings (SSSR count). The molecule has 2 amide bonds. The van der Waals surface area contributed by atoms with E-state index in [1.165, 1.54) is 6.07 Å². The standard InChI is InChI=1S/C24H31ClFN5O4/c1-12(2)27-21-8-15(7-13(3)28-21)22(32)30-31-23(33)16-9-18(26)20(10-17(16)25)34-11-19-14(4)35-24(5,6)29-19/h7-10,12,14,19,29H,11H2,1-6H3,(H,27,28)(H,30,32)(H,31,33). The van der Waals surface area contributed by atoms with Crippen molar-refractivity contribution in [1.29, 1.82) is 0 Å². The second-order valence-electron chi connectivity index (χ2n) is 9.25. The average Bonchev–Trinajstić information content (AvgIpc) is 3.02. The summed E-state index contributed by atoms with van der Waals surface area (Å²) < 4.78 is 26.0. The van der Waals surface area contributed by atoms with Crippen LogP contribution in [0.5, 0.6) is 5.75 Å². The van der Waals surface area contributed by atoms with Crippen molar-refractivity contribution in [3.63, 3.8) is 0 Å². The predicted molar refractivity (Wildman–Crippen MR) is 131 cm³/mol. The minimum atomic E-state index is -0.777. The van der Waals surface area contributed by atoms with E-state index in [1.54, 1.807) is 19.1 Å². The van der Waals surface area contributed by atoms with Crippen molar-refractivity contribution < 1.29 is 23.5 Å². The van der Waals surface area contributed by atoms with Gasteiger partial charge in [-0.25, -0.2) is 9.37 Å². The van der Waals surface area contributed by atoms with Crippen LogP contribution in [-0.4, -0.2) is 47.3 Å². The highest BCUT2D eigenvalue weighted by Crippen LogP contribution is 2.28. The number of halogens is 2. The van der Waals surface area contributed by atoms with E-state index in [0.29, 0.717) is 17.1 Å². The van der Waals surface area contributed by atoms with E-state index in [2.05, 4.69) is 26.5 Å². The number of carbonyl (C=O) groups excluding carboxylic acids is 2. The summed E-state index contributed by atoms with van der Waals surface area (Å²) in [4.78, 5) is 29.4. The first kappa shape index (κ1) is 26.7. The maximum atomic E-state index is 14.7. The molecular formula is C24H31ClFN5O4. The quantitative estimate of drug-likeness (QED) is 0.424.